The zero-order valence-corrected chi connectivity index (χ0v) is 11.3. The molecule has 0 aromatic heterocycles. The largest absolute Gasteiger partial charge is 0.388 e. The van der Waals surface area contributed by atoms with Gasteiger partial charge in [0, 0.05) is 12.7 Å². The second-order valence-corrected chi connectivity index (χ2v) is 5.66. The van der Waals surface area contributed by atoms with Gasteiger partial charge in [0.05, 0.1) is 10.6 Å². The summed E-state index contributed by atoms with van der Waals surface area (Å²) < 4.78 is 52.6. The summed E-state index contributed by atoms with van der Waals surface area (Å²) in [5.74, 6) is -2.35. The molecule has 0 spiro atoms. The molecule has 20 heavy (non-hydrogen) atoms. The lowest BCUT2D eigenvalue weighted by Crippen LogP contribution is -2.14. The van der Waals surface area contributed by atoms with Crippen molar-refractivity contribution in [1.82, 2.24) is 0 Å². The summed E-state index contributed by atoms with van der Waals surface area (Å²) >= 11 is 0. The molecular weight excluding hydrogens is 286 g/mol. The number of benzene rings is 2. The van der Waals surface area contributed by atoms with Crippen LogP contribution in [0.3, 0.4) is 0 Å². The fourth-order valence-corrected chi connectivity index (χ4v) is 2.65. The van der Waals surface area contributed by atoms with E-state index in [0.29, 0.717) is 0 Å². The van der Waals surface area contributed by atoms with Crippen molar-refractivity contribution < 1.29 is 17.2 Å². The van der Waals surface area contributed by atoms with E-state index in [1.807, 2.05) is 4.72 Å². The van der Waals surface area contributed by atoms with Crippen LogP contribution in [-0.4, -0.2) is 15.5 Å². The van der Waals surface area contributed by atoms with Gasteiger partial charge in [0.25, 0.3) is 10.0 Å². The number of hydrogen-bond acceptors (Lipinski definition) is 3. The van der Waals surface area contributed by atoms with Crippen molar-refractivity contribution in [1.29, 1.82) is 0 Å². The van der Waals surface area contributed by atoms with Crippen LogP contribution in [0.2, 0.25) is 0 Å². The summed E-state index contributed by atoms with van der Waals surface area (Å²) in [6.45, 7) is 0. The van der Waals surface area contributed by atoms with Crippen LogP contribution in [0.4, 0.5) is 20.2 Å². The molecule has 0 aliphatic heterocycles. The minimum atomic E-state index is -3.96. The number of sulfonamides is 1. The Morgan fingerprint density at radius 3 is 2.25 bits per heavy atom. The standard InChI is InChI=1S/C13H12F2N2O2S/c1-16-9-5-7-10(8-6-9)20(18,19)17-12-4-2-3-11(14)13(12)15/h2-8,16-17H,1H3. The van der Waals surface area contributed by atoms with E-state index in [-0.39, 0.29) is 4.90 Å². The highest BCUT2D eigenvalue weighted by molar-refractivity contribution is 7.92. The summed E-state index contributed by atoms with van der Waals surface area (Å²) in [5.41, 5.74) is 0.309. The van der Waals surface area contributed by atoms with Gasteiger partial charge in [-0.1, -0.05) is 6.07 Å². The van der Waals surface area contributed by atoms with Crippen LogP contribution in [0, 0.1) is 11.6 Å². The van der Waals surface area contributed by atoms with Crippen LogP contribution in [0.1, 0.15) is 0 Å². The molecule has 4 nitrogen and oxygen atoms in total. The lowest BCUT2D eigenvalue weighted by atomic mass is 10.3. The Kier molecular flexibility index (Phi) is 3.89. The zero-order chi connectivity index (χ0) is 14.8. The molecule has 7 heteroatoms. The van der Waals surface area contributed by atoms with Crippen LogP contribution in [-0.2, 0) is 10.0 Å². The molecule has 0 bridgehead atoms. The SMILES string of the molecule is CNc1ccc(S(=O)(=O)Nc2cccc(F)c2F)cc1. The van der Waals surface area contributed by atoms with E-state index in [2.05, 4.69) is 5.32 Å². The third-order valence-electron chi connectivity index (χ3n) is 2.65. The second-order valence-electron chi connectivity index (χ2n) is 3.98. The van der Waals surface area contributed by atoms with Crippen molar-refractivity contribution in [2.45, 2.75) is 4.90 Å². The Balaban J connectivity index is 2.33. The van der Waals surface area contributed by atoms with E-state index in [1.165, 1.54) is 18.2 Å². The fraction of sp³-hybridized carbons (Fsp3) is 0.0769. The molecule has 0 heterocycles. The Labute approximate surface area is 115 Å². The van der Waals surface area contributed by atoms with Gasteiger partial charge in [-0.15, -0.1) is 0 Å². The number of nitrogens with one attached hydrogen (secondary N) is 2. The molecular formula is C13H12F2N2O2S. The molecule has 0 aliphatic carbocycles. The Morgan fingerprint density at radius 1 is 1.00 bits per heavy atom. The quantitative estimate of drug-likeness (QED) is 0.912. The van der Waals surface area contributed by atoms with E-state index in [9.17, 15) is 17.2 Å². The Bertz CT molecular complexity index is 716. The second kappa shape index (κ2) is 5.46. The molecule has 0 radical (unpaired) electrons. The van der Waals surface area contributed by atoms with Gasteiger partial charge >= 0.3 is 0 Å². The smallest absolute Gasteiger partial charge is 0.261 e. The van der Waals surface area contributed by atoms with Gasteiger partial charge < -0.3 is 5.32 Å². The monoisotopic (exact) mass is 298 g/mol. The molecule has 0 saturated heterocycles. The van der Waals surface area contributed by atoms with Crippen LogP contribution >= 0.6 is 0 Å². The average Bonchev–Trinajstić information content (AvgIpc) is 2.44. The van der Waals surface area contributed by atoms with Crippen molar-refractivity contribution in [2.75, 3.05) is 17.1 Å². The summed E-state index contributed by atoms with van der Waals surface area (Å²) in [6, 6.07) is 9.15. The first-order valence-corrected chi connectivity index (χ1v) is 7.17. The molecule has 0 atom stereocenters. The molecule has 0 unspecified atom stereocenters. The molecule has 0 fully saturated rings. The predicted molar refractivity (Wildman–Crippen MR) is 73.2 cm³/mol. The first kappa shape index (κ1) is 14.3. The van der Waals surface area contributed by atoms with Gasteiger partial charge in [0.1, 0.15) is 0 Å². The molecule has 2 N–H and O–H groups in total. The number of halogens is 2. The highest BCUT2D eigenvalue weighted by Crippen LogP contribution is 2.21. The normalized spacial score (nSPS) is 11.2. The Morgan fingerprint density at radius 2 is 1.65 bits per heavy atom. The molecule has 2 rings (SSSR count). The van der Waals surface area contributed by atoms with Crippen LogP contribution in [0.5, 0.6) is 0 Å². The van der Waals surface area contributed by atoms with Gasteiger partial charge in [-0.3, -0.25) is 4.72 Å². The van der Waals surface area contributed by atoms with Crippen molar-refractivity contribution in [3.05, 3.63) is 54.1 Å². The topological polar surface area (TPSA) is 58.2 Å². The highest BCUT2D eigenvalue weighted by atomic mass is 32.2. The molecule has 0 aliphatic rings. The number of anilines is 2. The van der Waals surface area contributed by atoms with E-state index < -0.39 is 27.3 Å². The molecule has 0 saturated carbocycles. The number of rotatable bonds is 4. The van der Waals surface area contributed by atoms with Gasteiger partial charge in [0.2, 0.25) is 0 Å². The van der Waals surface area contributed by atoms with E-state index >= 15 is 0 Å². The third-order valence-corrected chi connectivity index (χ3v) is 4.03. The van der Waals surface area contributed by atoms with E-state index in [0.717, 1.165) is 17.8 Å². The third kappa shape index (κ3) is 2.88. The molecule has 0 amide bonds. The summed E-state index contributed by atoms with van der Waals surface area (Å²) in [6.07, 6.45) is 0. The van der Waals surface area contributed by atoms with Crippen molar-refractivity contribution in [2.24, 2.45) is 0 Å². The first-order valence-electron chi connectivity index (χ1n) is 5.68. The summed E-state index contributed by atoms with van der Waals surface area (Å²) in [7, 11) is -2.26. The van der Waals surface area contributed by atoms with Crippen LogP contribution in [0.25, 0.3) is 0 Å². The lowest BCUT2D eigenvalue weighted by molar-refractivity contribution is 0.511. The van der Waals surface area contributed by atoms with Crippen molar-refractivity contribution >= 4 is 21.4 Å². The maximum absolute atomic E-state index is 13.5. The van der Waals surface area contributed by atoms with E-state index in [4.69, 9.17) is 0 Å². The summed E-state index contributed by atoms with van der Waals surface area (Å²) in [5, 5.41) is 2.85. The molecule has 2 aromatic rings. The molecule has 106 valence electrons. The fourth-order valence-electron chi connectivity index (χ4n) is 1.59. The first-order chi connectivity index (χ1) is 9.44. The maximum Gasteiger partial charge on any atom is 0.261 e. The zero-order valence-electron chi connectivity index (χ0n) is 10.5. The maximum atomic E-state index is 13.5. The highest BCUT2D eigenvalue weighted by Gasteiger charge is 2.17. The van der Waals surface area contributed by atoms with Gasteiger partial charge in [0.15, 0.2) is 11.6 Å². The van der Waals surface area contributed by atoms with Crippen molar-refractivity contribution in [3.8, 4) is 0 Å². The van der Waals surface area contributed by atoms with Gasteiger partial charge in [-0.2, -0.15) is 0 Å². The summed E-state index contributed by atoms with van der Waals surface area (Å²) in [4.78, 5) is -0.0415. The Hall–Kier alpha value is -2.15. The minimum Gasteiger partial charge on any atom is -0.388 e. The van der Waals surface area contributed by atoms with Crippen LogP contribution < -0.4 is 10.0 Å². The predicted octanol–water partition coefficient (Wildman–Crippen LogP) is 2.81. The average molecular weight is 298 g/mol. The molecule has 2 aromatic carbocycles. The van der Waals surface area contributed by atoms with Crippen LogP contribution in [0.15, 0.2) is 47.4 Å². The minimum absolute atomic E-state index is 0.0415. The lowest BCUT2D eigenvalue weighted by Gasteiger charge is -2.09. The number of hydrogen-bond donors (Lipinski definition) is 2. The van der Waals surface area contributed by atoms with E-state index in [1.54, 1.807) is 19.2 Å². The van der Waals surface area contributed by atoms with Gasteiger partial charge in [-0.05, 0) is 36.4 Å². The van der Waals surface area contributed by atoms with Gasteiger partial charge in [-0.25, -0.2) is 17.2 Å². The van der Waals surface area contributed by atoms with Crippen molar-refractivity contribution in [3.63, 3.8) is 0 Å².